The highest BCUT2D eigenvalue weighted by Gasteiger charge is 2.32. The Morgan fingerprint density at radius 1 is 1.25 bits per heavy atom. The molecular formula is C16H20N4O3S. The van der Waals surface area contributed by atoms with Gasteiger partial charge in [-0.05, 0) is 31.9 Å². The van der Waals surface area contributed by atoms with E-state index in [9.17, 15) is 13.2 Å². The minimum Gasteiger partial charge on any atom is -0.335 e. The molecule has 0 radical (unpaired) electrons. The number of amides is 1. The molecule has 24 heavy (non-hydrogen) atoms. The van der Waals surface area contributed by atoms with E-state index in [1.807, 2.05) is 31.2 Å². The second-order valence-electron chi connectivity index (χ2n) is 5.95. The summed E-state index contributed by atoms with van der Waals surface area (Å²) in [4.78, 5) is 18.7. The smallest absolute Gasteiger partial charge is 0.260 e. The van der Waals surface area contributed by atoms with Gasteiger partial charge in [0.15, 0.2) is 5.03 Å². The first-order valence-corrected chi connectivity index (χ1v) is 9.27. The highest BCUT2D eigenvalue weighted by Crippen LogP contribution is 2.24. The van der Waals surface area contributed by atoms with Crippen molar-refractivity contribution >= 4 is 21.6 Å². The second kappa shape index (κ2) is 6.74. The maximum atomic E-state index is 12.4. The van der Waals surface area contributed by atoms with Crippen LogP contribution in [0.4, 0.5) is 5.69 Å². The third-order valence-electron chi connectivity index (χ3n) is 4.23. The van der Waals surface area contributed by atoms with Gasteiger partial charge in [0.1, 0.15) is 0 Å². The van der Waals surface area contributed by atoms with Crippen molar-refractivity contribution < 1.29 is 13.2 Å². The number of carbonyl (C=O) groups excluding carboxylic acids is 1. The summed E-state index contributed by atoms with van der Waals surface area (Å²) >= 11 is 0. The molecule has 1 amide bonds. The zero-order valence-corrected chi connectivity index (χ0v) is 14.2. The number of anilines is 1. The quantitative estimate of drug-likeness (QED) is 0.880. The van der Waals surface area contributed by atoms with Crippen LogP contribution in [0.25, 0.3) is 0 Å². The van der Waals surface area contributed by atoms with Gasteiger partial charge in [-0.2, -0.15) is 4.31 Å². The van der Waals surface area contributed by atoms with Gasteiger partial charge in [-0.3, -0.25) is 4.79 Å². The molecule has 1 aliphatic heterocycles. The number of sulfonamides is 1. The number of rotatable bonds is 4. The fraction of sp³-hybridized carbons (Fsp3) is 0.375. The number of aryl methyl sites for hydroxylation is 1. The molecule has 2 heterocycles. The Bertz CT molecular complexity index is 792. The third-order valence-corrected chi connectivity index (χ3v) is 6.06. The van der Waals surface area contributed by atoms with Crippen LogP contribution >= 0.6 is 0 Å². The van der Waals surface area contributed by atoms with Gasteiger partial charge in [0.2, 0.25) is 5.91 Å². The second-order valence-corrected chi connectivity index (χ2v) is 7.86. The van der Waals surface area contributed by atoms with E-state index in [1.54, 1.807) is 0 Å². The molecule has 0 spiro atoms. The zero-order valence-electron chi connectivity index (χ0n) is 13.4. The van der Waals surface area contributed by atoms with Crippen molar-refractivity contribution in [2.75, 3.05) is 18.4 Å². The Labute approximate surface area is 141 Å². The first-order chi connectivity index (χ1) is 11.5. The van der Waals surface area contributed by atoms with Gasteiger partial charge in [-0.25, -0.2) is 13.4 Å². The van der Waals surface area contributed by atoms with Gasteiger partial charge < -0.3 is 10.3 Å². The van der Waals surface area contributed by atoms with Crippen LogP contribution in [-0.2, 0) is 14.8 Å². The van der Waals surface area contributed by atoms with Crippen molar-refractivity contribution in [2.45, 2.75) is 24.8 Å². The lowest BCUT2D eigenvalue weighted by atomic mass is 9.97. The van der Waals surface area contributed by atoms with Crippen molar-refractivity contribution in [1.82, 2.24) is 14.3 Å². The monoisotopic (exact) mass is 348 g/mol. The largest absolute Gasteiger partial charge is 0.335 e. The van der Waals surface area contributed by atoms with Crippen LogP contribution in [0.15, 0.2) is 41.8 Å². The summed E-state index contributed by atoms with van der Waals surface area (Å²) in [5.74, 6) is -0.239. The van der Waals surface area contributed by atoms with Crippen LogP contribution < -0.4 is 5.32 Å². The molecule has 0 bridgehead atoms. The van der Waals surface area contributed by atoms with Gasteiger partial charge in [0.05, 0.1) is 12.5 Å². The van der Waals surface area contributed by atoms with E-state index in [4.69, 9.17) is 0 Å². The summed E-state index contributed by atoms with van der Waals surface area (Å²) in [6.07, 6.45) is 3.65. The highest BCUT2D eigenvalue weighted by molar-refractivity contribution is 7.89. The van der Waals surface area contributed by atoms with Crippen LogP contribution in [0.2, 0.25) is 0 Å². The van der Waals surface area contributed by atoms with Gasteiger partial charge in [0, 0.05) is 24.7 Å². The summed E-state index contributed by atoms with van der Waals surface area (Å²) < 4.78 is 26.2. The minimum absolute atomic E-state index is 0.0579. The number of nitrogens with one attached hydrogen (secondary N) is 2. The minimum atomic E-state index is -3.55. The predicted octanol–water partition coefficient (Wildman–Crippen LogP) is 1.76. The standard InChI is InChI=1S/C16H20N4O3S/c1-12-2-4-14(5-3-12)19-16(21)13-6-8-20(9-7-13)24(22,23)15-10-17-11-18-15/h2-5,10-11,13H,6-9H2,1H3,(H,17,18)(H,19,21). The number of hydrogen-bond donors (Lipinski definition) is 2. The van der Waals surface area contributed by atoms with E-state index in [-0.39, 0.29) is 16.9 Å². The maximum absolute atomic E-state index is 12.4. The molecule has 2 N–H and O–H groups in total. The van der Waals surface area contributed by atoms with E-state index in [2.05, 4.69) is 15.3 Å². The van der Waals surface area contributed by atoms with Crippen LogP contribution in [0.5, 0.6) is 0 Å². The first kappa shape index (κ1) is 16.7. The summed E-state index contributed by atoms with van der Waals surface area (Å²) in [6, 6.07) is 7.61. The number of benzene rings is 1. The van der Waals surface area contributed by atoms with E-state index in [1.165, 1.54) is 16.8 Å². The van der Waals surface area contributed by atoms with Crippen molar-refractivity contribution in [3.63, 3.8) is 0 Å². The molecule has 1 aromatic carbocycles. The number of hydrogen-bond acceptors (Lipinski definition) is 4. The zero-order chi connectivity index (χ0) is 17.2. The predicted molar refractivity (Wildman–Crippen MR) is 89.9 cm³/mol. The topological polar surface area (TPSA) is 95.2 Å². The Hall–Kier alpha value is -2.19. The first-order valence-electron chi connectivity index (χ1n) is 7.83. The molecule has 3 rings (SSSR count). The third kappa shape index (κ3) is 3.49. The van der Waals surface area contributed by atoms with Crippen LogP contribution in [0.3, 0.4) is 0 Å². The van der Waals surface area contributed by atoms with E-state index in [0.717, 1.165) is 11.3 Å². The molecule has 128 valence electrons. The molecule has 2 aromatic rings. The number of imidazole rings is 1. The molecule has 0 atom stereocenters. The summed E-state index contributed by atoms with van der Waals surface area (Å²) in [7, 11) is -3.55. The molecule has 0 aliphatic carbocycles. The lowest BCUT2D eigenvalue weighted by Gasteiger charge is -2.30. The van der Waals surface area contributed by atoms with Gasteiger partial charge in [0.25, 0.3) is 10.0 Å². The highest BCUT2D eigenvalue weighted by atomic mass is 32.2. The van der Waals surface area contributed by atoms with Crippen molar-refractivity contribution in [2.24, 2.45) is 5.92 Å². The molecule has 1 fully saturated rings. The molecule has 1 aromatic heterocycles. The van der Waals surface area contributed by atoms with Gasteiger partial charge in [-0.15, -0.1) is 0 Å². The van der Waals surface area contributed by atoms with Crippen molar-refractivity contribution in [1.29, 1.82) is 0 Å². The fourth-order valence-electron chi connectivity index (χ4n) is 2.76. The van der Waals surface area contributed by atoms with E-state index < -0.39 is 10.0 Å². The molecule has 1 saturated heterocycles. The Morgan fingerprint density at radius 2 is 1.92 bits per heavy atom. The summed E-state index contributed by atoms with van der Waals surface area (Å²) in [5, 5.41) is 2.98. The number of piperidine rings is 1. The van der Waals surface area contributed by atoms with Gasteiger partial charge >= 0.3 is 0 Å². The van der Waals surface area contributed by atoms with Crippen LogP contribution in [0, 0.1) is 12.8 Å². The van der Waals surface area contributed by atoms with Crippen molar-refractivity contribution in [3.8, 4) is 0 Å². The Balaban J connectivity index is 1.58. The number of carbonyl (C=O) groups is 1. The molecule has 8 heteroatoms. The lowest BCUT2D eigenvalue weighted by Crippen LogP contribution is -2.41. The van der Waals surface area contributed by atoms with E-state index >= 15 is 0 Å². The number of aromatic nitrogens is 2. The average Bonchev–Trinajstić information content (AvgIpc) is 3.12. The van der Waals surface area contributed by atoms with Crippen molar-refractivity contribution in [3.05, 3.63) is 42.4 Å². The summed E-state index contributed by atoms with van der Waals surface area (Å²) in [5.41, 5.74) is 1.89. The lowest BCUT2D eigenvalue weighted by molar-refractivity contribution is -0.120. The number of H-pyrrole nitrogens is 1. The molecule has 1 aliphatic rings. The SMILES string of the molecule is Cc1ccc(NC(=O)C2CCN(S(=O)(=O)c3cnc[nH]3)CC2)cc1. The van der Waals surface area contributed by atoms with Crippen LogP contribution in [0.1, 0.15) is 18.4 Å². The molecular weight excluding hydrogens is 328 g/mol. The number of nitrogens with zero attached hydrogens (tertiary/aromatic N) is 2. The number of aromatic amines is 1. The van der Waals surface area contributed by atoms with E-state index in [0.29, 0.717) is 25.9 Å². The van der Waals surface area contributed by atoms with Crippen LogP contribution in [-0.4, -0.2) is 41.7 Å². The fourth-order valence-corrected chi connectivity index (χ4v) is 4.13. The average molecular weight is 348 g/mol. The Kier molecular flexibility index (Phi) is 4.68. The molecule has 0 unspecified atom stereocenters. The molecule has 7 nitrogen and oxygen atoms in total. The maximum Gasteiger partial charge on any atom is 0.260 e. The normalized spacial score (nSPS) is 16.9. The Morgan fingerprint density at radius 3 is 2.50 bits per heavy atom. The van der Waals surface area contributed by atoms with Gasteiger partial charge in [-0.1, -0.05) is 17.7 Å². The summed E-state index contributed by atoms with van der Waals surface area (Å²) in [6.45, 7) is 2.64. The molecule has 0 saturated carbocycles.